The highest BCUT2D eigenvalue weighted by atomic mass is 16.7. The van der Waals surface area contributed by atoms with Crippen LogP contribution in [0.4, 0.5) is 4.79 Å². The molecule has 8 nitrogen and oxygen atoms in total. The van der Waals surface area contributed by atoms with E-state index in [4.69, 9.17) is 24.1 Å². The fraction of sp³-hybridized carbons (Fsp3) is 0.625. The van der Waals surface area contributed by atoms with Gasteiger partial charge in [-0.25, -0.2) is 9.59 Å². The van der Waals surface area contributed by atoms with Gasteiger partial charge in [0, 0.05) is 12.5 Å². The number of esters is 1. The standard InChI is InChI=1S/C16H23NO7/c1-10-3-4-11-12(14(19)21-2)9-23-15(13(10)11)24-16(20)17-5-7-22-8-6-18/h3,9,11,13,15,18H,4-8H2,1-2H3,(H,17,20). The normalized spacial score (nSPS) is 25.0. The zero-order valence-corrected chi connectivity index (χ0v) is 13.8. The van der Waals surface area contributed by atoms with Gasteiger partial charge in [0.05, 0.1) is 44.7 Å². The number of nitrogens with one attached hydrogen (secondary N) is 1. The van der Waals surface area contributed by atoms with Crippen molar-refractivity contribution in [1.29, 1.82) is 0 Å². The van der Waals surface area contributed by atoms with Gasteiger partial charge in [-0.2, -0.15) is 0 Å². The summed E-state index contributed by atoms with van der Waals surface area (Å²) in [5, 5.41) is 11.1. The lowest BCUT2D eigenvalue weighted by Gasteiger charge is -2.33. The number of aliphatic hydroxyl groups is 1. The first-order valence-corrected chi connectivity index (χ1v) is 7.82. The van der Waals surface area contributed by atoms with Crippen LogP contribution in [0.15, 0.2) is 23.5 Å². The maximum Gasteiger partial charge on any atom is 0.410 e. The Labute approximate surface area is 140 Å². The Morgan fingerprint density at radius 3 is 2.92 bits per heavy atom. The minimum absolute atomic E-state index is 0.0656. The number of alkyl carbamates (subject to hydrolysis) is 1. The number of allylic oxidation sites excluding steroid dienone is 1. The van der Waals surface area contributed by atoms with Crippen molar-refractivity contribution in [2.75, 3.05) is 33.5 Å². The van der Waals surface area contributed by atoms with E-state index in [9.17, 15) is 9.59 Å². The van der Waals surface area contributed by atoms with Gasteiger partial charge in [-0.15, -0.1) is 0 Å². The smallest absolute Gasteiger partial charge is 0.410 e. The molecule has 0 aromatic heterocycles. The Hall–Kier alpha value is -2.06. The number of carbonyl (C=O) groups is 2. The molecule has 1 heterocycles. The minimum Gasteiger partial charge on any atom is -0.466 e. The highest BCUT2D eigenvalue weighted by Gasteiger charge is 2.44. The van der Waals surface area contributed by atoms with Gasteiger partial charge in [0.2, 0.25) is 0 Å². The molecule has 0 saturated heterocycles. The van der Waals surface area contributed by atoms with Gasteiger partial charge in [0.25, 0.3) is 6.29 Å². The van der Waals surface area contributed by atoms with Gasteiger partial charge in [0.15, 0.2) is 0 Å². The Morgan fingerprint density at radius 2 is 2.21 bits per heavy atom. The van der Waals surface area contributed by atoms with E-state index in [1.807, 2.05) is 13.0 Å². The average molecular weight is 341 g/mol. The maximum atomic E-state index is 11.9. The number of aliphatic hydroxyl groups excluding tert-OH is 1. The topological polar surface area (TPSA) is 103 Å². The summed E-state index contributed by atoms with van der Waals surface area (Å²) in [6.45, 7) is 2.61. The molecule has 0 spiro atoms. The van der Waals surface area contributed by atoms with Gasteiger partial charge in [-0.3, -0.25) is 0 Å². The van der Waals surface area contributed by atoms with Crippen molar-refractivity contribution in [3.63, 3.8) is 0 Å². The molecule has 3 unspecified atom stereocenters. The molecule has 1 aliphatic heterocycles. The van der Waals surface area contributed by atoms with E-state index in [2.05, 4.69) is 5.32 Å². The first-order valence-electron chi connectivity index (χ1n) is 7.82. The highest BCUT2D eigenvalue weighted by Crippen LogP contribution is 2.43. The summed E-state index contributed by atoms with van der Waals surface area (Å²) in [6.07, 6.45) is 2.60. The SMILES string of the molecule is COC(=O)C1=COC(OC(=O)NCCOCCO)C2C(C)=CCC12. The summed E-state index contributed by atoms with van der Waals surface area (Å²) in [7, 11) is 1.32. The van der Waals surface area contributed by atoms with Crippen LogP contribution in [0.2, 0.25) is 0 Å². The summed E-state index contributed by atoms with van der Waals surface area (Å²) in [5.41, 5.74) is 1.46. The van der Waals surface area contributed by atoms with Crippen LogP contribution in [-0.2, 0) is 23.7 Å². The number of fused-ring (bicyclic) bond motifs is 1. The number of amides is 1. The summed E-state index contributed by atoms with van der Waals surface area (Å²) < 4.78 is 20.6. The predicted molar refractivity (Wildman–Crippen MR) is 82.7 cm³/mol. The molecular weight excluding hydrogens is 318 g/mol. The third-order valence-electron chi connectivity index (χ3n) is 4.07. The lowest BCUT2D eigenvalue weighted by molar-refractivity contribution is -0.141. The van der Waals surface area contributed by atoms with Crippen molar-refractivity contribution in [3.8, 4) is 0 Å². The van der Waals surface area contributed by atoms with E-state index in [0.717, 1.165) is 5.57 Å². The molecule has 0 bridgehead atoms. The Morgan fingerprint density at radius 1 is 1.42 bits per heavy atom. The number of hydrogen-bond acceptors (Lipinski definition) is 7. The predicted octanol–water partition coefficient (Wildman–Crippen LogP) is 0.717. The van der Waals surface area contributed by atoms with Crippen LogP contribution in [0.25, 0.3) is 0 Å². The van der Waals surface area contributed by atoms with Crippen LogP contribution in [0.5, 0.6) is 0 Å². The van der Waals surface area contributed by atoms with Crippen LogP contribution in [-0.4, -0.2) is 56.9 Å². The molecule has 0 saturated carbocycles. The molecule has 2 rings (SSSR count). The number of rotatable bonds is 7. The van der Waals surface area contributed by atoms with E-state index in [-0.39, 0.29) is 38.2 Å². The van der Waals surface area contributed by atoms with Gasteiger partial charge >= 0.3 is 12.1 Å². The largest absolute Gasteiger partial charge is 0.466 e. The van der Waals surface area contributed by atoms with Crippen LogP contribution < -0.4 is 5.32 Å². The lowest BCUT2D eigenvalue weighted by atomic mass is 9.84. The molecule has 1 aliphatic carbocycles. The second-order valence-electron chi connectivity index (χ2n) is 5.55. The monoisotopic (exact) mass is 341 g/mol. The minimum atomic E-state index is -0.791. The second-order valence-corrected chi connectivity index (χ2v) is 5.55. The molecule has 1 amide bonds. The second kappa shape index (κ2) is 8.70. The fourth-order valence-corrected chi connectivity index (χ4v) is 2.91. The van der Waals surface area contributed by atoms with Gasteiger partial charge in [0.1, 0.15) is 0 Å². The molecular formula is C16H23NO7. The van der Waals surface area contributed by atoms with Crippen LogP contribution in [0.1, 0.15) is 13.3 Å². The maximum absolute atomic E-state index is 11.9. The summed E-state index contributed by atoms with van der Waals surface area (Å²) in [5.74, 6) is -0.755. The molecule has 2 N–H and O–H groups in total. The molecule has 3 atom stereocenters. The fourth-order valence-electron chi connectivity index (χ4n) is 2.91. The number of hydrogen-bond donors (Lipinski definition) is 2. The van der Waals surface area contributed by atoms with Crippen LogP contribution >= 0.6 is 0 Å². The first-order chi connectivity index (χ1) is 11.6. The third-order valence-corrected chi connectivity index (χ3v) is 4.07. The number of methoxy groups -OCH3 is 1. The first kappa shape index (κ1) is 18.3. The zero-order chi connectivity index (χ0) is 17.5. The van der Waals surface area contributed by atoms with Crippen molar-refractivity contribution in [1.82, 2.24) is 5.32 Å². The van der Waals surface area contributed by atoms with E-state index in [1.165, 1.54) is 13.4 Å². The molecule has 8 heteroatoms. The van der Waals surface area contributed by atoms with Crippen LogP contribution in [0, 0.1) is 11.8 Å². The van der Waals surface area contributed by atoms with Crippen molar-refractivity contribution >= 4 is 12.1 Å². The van der Waals surface area contributed by atoms with E-state index < -0.39 is 18.4 Å². The van der Waals surface area contributed by atoms with E-state index in [0.29, 0.717) is 12.0 Å². The van der Waals surface area contributed by atoms with Crippen molar-refractivity contribution < 1.29 is 33.6 Å². The average Bonchev–Trinajstić information content (AvgIpc) is 2.97. The third kappa shape index (κ3) is 4.27. The van der Waals surface area contributed by atoms with Gasteiger partial charge < -0.3 is 29.4 Å². The van der Waals surface area contributed by atoms with E-state index >= 15 is 0 Å². The molecule has 0 radical (unpaired) electrons. The van der Waals surface area contributed by atoms with Crippen molar-refractivity contribution in [2.45, 2.75) is 19.6 Å². The molecule has 0 aromatic carbocycles. The van der Waals surface area contributed by atoms with Gasteiger partial charge in [-0.05, 0) is 13.3 Å². The number of carbonyl (C=O) groups excluding carboxylic acids is 2. The summed E-state index contributed by atoms with van der Waals surface area (Å²) in [6, 6.07) is 0. The van der Waals surface area contributed by atoms with Gasteiger partial charge in [-0.1, -0.05) is 11.6 Å². The van der Waals surface area contributed by atoms with Crippen molar-refractivity contribution in [2.24, 2.45) is 11.8 Å². The lowest BCUT2D eigenvalue weighted by Crippen LogP contribution is -2.40. The molecule has 0 aromatic rings. The molecule has 0 fully saturated rings. The van der Waals surface area contributed by atoms with E-state index in [1.54, 1.807) is 0 Å². The molecule has 2 aliphatic rings. The highest BCUT2D eigenvalue weighted by molar-refractivity contribution is 5.89. The zero-order valence-electron chi connectivity index (χ0n) is 13.8. The quantitative estimate of drug-likeness (QED) is 0.399. The Bertz CT molecular complexity index is 529. The van der Waals surface area contributed by atoms with Crippen molar-refractivity contribution in [3.05, 3.63) is 23.5 Å². The summed E-state index contributed by atoms with van der Waals surface area (Å²) >= 11 is 0. The molecule has 24 heavy (non-hydrogen) atoms. The Kier molecular flexibility index (Phi) is 6.62. The number of ether oxygens (including phenoxy) is 4. The Balaban J connectivity index is 1.91. The summed E-state index contributed by atoms with van der Waals surface area (Å²) in [4.78, 5) is 23.7. The van der Waals surface area contributed by atoms with Crippen LogP contribution in [0.3, 0.4) is 0 Å². The molecule has 134 valence electrons.